The Balaban J connectivity index is 3.15. The Morgan fingerprint density at radius 3 is 2.79 bits per heavy atom. The third-order valence-electron chi connectivity index (χ3n) is 1.91. The lowest BCUT2D eigenvalue weighted by Gasteiger charge is -2.05. The lowest BCUT2D eigenvalue weighted by molar-refractivity contribution is 0.0592. The normalized spacial score (nSPS) is 9.86. The molecular formula is C10H13NO3. The van der Waals surface area contributed by atoms with E-state index in [9.17, 15) is 9.59 Å². The van der Waals surface area contributed by atoms with Gasteiger partial charge in [-0.25, -0.2) is 4.79 Å². The van der Waals surface area contributed by atoms with Crippen molar-refractivity contribution in [3.8, 4) is 0 Å². The molecule has 0 aliphatic carbocycles. The Morgan fingerprint density at radius 1 is 1.50 bits per heavy atom. The van der Waals surface area contributed by atoms with Crippen LogP contribution in [-0.4, -0.2) is 18.1 Å². The van der Waals surface area contributed by atoms with Gasteiger partial charge in [0.05, 0.1) is 7.11 Å². The van der Waals surface area contributed by atoms with Crippen molar-refractivity contribution in [2.75, 3.05) is 7.11 Å². The fraction of sp³-hybridized carbons (Fsp3) is 0.400. The number of carbonyl (C=O) groups excluding carboxylic acids is 1. The second-order valence-electron chi connectivity index (χ2n) is 2.96. The Kier molecular flexibility index (Phi) is 3.45. The van der Waals surface area contributed by atoms with Gasteiger partial charge >= 0.3 is 5.97 Å². The molecule has 1 aromatic heterocycles. The molecule has 76 valence electrons. The first-order valence-electron chi connectivity index (χ1n) is 4.49. The van der Waals surface area contributed by atoms with Crippen molar-refractivity contribution in [1.82, 2.24) is 4.98 Å². The molecule has 1 heterocycles. The van der Waals surface area contributed by atoms with Crippen molar-refractivity contribution >= 4 is 5.97 Å². The summed E-state index contributed by atoms with van der Waals surface area (Å²) < 4.78 is 4.57. The van der Waals surface area contributed by atoms with E-state index in [0.717, 1.165) is 18.4 Å². The standard InChI is InChI=1S/C10H13NO3/c1-3-4-7-5-6-8(12)11-9(7)10(13)14-2/h5-6H,3-4H2,1-2H3,(H,11,12). The molecule has 0 saturated heterocycles. The molecule has 0 atom stereocenters. The average molecular weight is 195 g/mol. The third-order valence-corrected chi connectivity index (χ3v) is 1.91. The van der Waals surface area contributed by atoms with Gasteiger partial charge in [0.2, 0.25) is 5.56 Å². The van der Waals surface area contributed by atoms with Crippen molar-refractivity contribution < 1.29 is 9.53 Å². The van der Waals surface area contributed by atoms with Gasteiger partial charge in [-0.1, -0.05) is 19.4 Å². The fourth-order valence-electron chi connectivity index (χ4n) is 1.27. The van der Waals surface area contributed by atoms with E-state index < -0.39 is 5.97 Å². The largest absolute Gasteiger partial charge is 0.464 e. The summed E-state index contributed by atoms with van der Waals surface area (Å²) in [6.45, 7) is 2.01. The Labute approximate surface area is 81.9 Å². The maximum Gasteiger partial charge on any atom is 0.354 e. The molecule has 0 amide bonds. The van der Waals surface area contributed by atoms with E-state index in [1.54, 1.807) is 6.07 Å². The van der Waals surface area contributed by atoms with Crippen molar-refractivity contribution in [3.05, 3.63) is 33.7 Å². The summed E-state index contributed by atoms with van der Waals surface area (Å²) in [7, 11) is 1.30. The Morgan fingerprint density at radius 2 is 2.21 bits per heavy atom. The van der Waals surface area contributed by atoms with Crippen LogP contribution in [0.2, 0.25) is 0 Å². The SMILES string of the molecule is CCCc1ccc(=O)[nH]c1C(=O)OC. The van der Waals surface area contributed by atoms with Crippen LogP contribution < -0.4 is 5.56 Å². The highest BCUT2D eigenvalue weighted by atomic mass is 16.5. The molecular weight excluding hydrogens is 182 g/mol. The molecule has 14 heavy (non-hydrogen) atoms. The summed E-state index contributed by atoms with van der Waals surface area (Å²) in [4.78, 5) is 24.8. The van der Waals surface area contributed by atoms with E-state index in [2.05, 4.69) is 9.72 Å². The minimum atomic E-state index is -0.494. The number of nitrogens with one attached hydrogen (secondary N) is 1. The molecule has 1 N–H and O–H groups in total. The first kappa shape index (κ1) is 10.5. The van der Waals surface area contributed by atoms with Gasteiger partial charge in [-0.05, 0) is 12.0 Å². The number of pyridine rings is 1. The molecule has 1 aromatic rings. The van der Waals surface area contributed by atoms with Crippen LogP contribution in [-0.2, 0) is 11.2 Å². The van der Waals surface area contributed by atoms with Crippen LogP contribution in [0.3, 0.4) is 0 Å². The number of aryl methyl sites for hydroxylation is 1. The van der Waals surface area contributed by atoms with Crippen LogP contribution in [0.5, 0.6) is 0 Å². The van der Waals surface area contributed by atoms with E-state index in [0.29, 0.717) is 0 Å². The van der Waals surface area contributed by atoms with Gasteiger partial charge in [-0.15, -0.1) is 0 Å². The van der Waals surface area contributed by atoms with Gasteiger partial charge in [0, 0.05) is 6.07 Å². The number of carbonyl (C=O) groups is 1. The van der Waals surface area contributed by atoms with E-state index in [-0.39, 0.29) is 11.3 Å². The van der Waals surface area contributed by atoms with Crippen molar-refractivity contribution in [2.24, 2.45) is 0 Å². The first-order chi connectivity index (χ1) is 6.69. The average Bonchev–Trinajstić information content (AvgIpc) is 2.20. The highest BCUT2D eigenvalue weighted by molar-refractivity contribution is 5.88. The lowest BCUT2D eigenvalue weighted by atomic mass is 10.1. The fourth-order valence-corrected chi connectivity index (χ4v) is 1.27. The van der Waals surface area contributed by atoms with Crippen LogP contribution >= 0.6 is 0 Å². The zero-order chi connectivity index (χ0) is 10.6. The van der Waals surface area contributed by atoms with Crippen LogP contribution in [0.4, 0.5) is 0 Å². The van der Waals surface area contributed by atoms with Gasteiger partial charge in [0.1, 0.15) is 5.69 Å². The number of aromatic amines is 1. The third kappa shape index (κ3) is 2.22. The molecule has 4 heteroatoms. The molecule has 0 saturated carbocycles. The predicted molar refractivity (Wildman–Crippen MR) is 52.4 cm³/mol. The number of H-pyrrole nitrogens is 1. The molecule has 0 radical (unpaired) electrons. The van der Waals surface area contributed by atoms with Crippen molar-refractivity contribution in [2.45, 2.75) is 19.8 Å². The Hall–Kier alpha value is -1.58. The van der Waals surface area contributed by atoms with E-state index in [4.69, 9.17) is 0 Å². The summed E-state index contributed by atoms with van der Waals surface area (Å²) in [5.74, 6) is -0.494. The molecule has 0 aliphatic heterocycles. The monoisotopic (exact) mass is 195 g/mol. The topological polar surface area (TPSA) is 59.2 Å². The summed E-state index contributed by atoms with van der Waals surface area (Å²) in [6, 6.07) is 3.08. The zero-order valence-electron chi connectivity index (χ0n) is 8.29. The predicted octanol–water partition coefficient (Wildman–Crippen LogP) is 1.11. The molecule has 0 aliphatic rings. The second-order valence-corrected chi connectivity index (χ2v) is 2.96. The quantitative estimate of drug-likeness (QED) is 0.735. The van der Waals surface area contributed by atoms with Gasteiger partial charge in [-0.2, -0.15) is 0 Å². The summed E-state index contributed by atoms with van der Waals surface area (Å²) in [5.41, 5.74) is 0.797. The van der Waals surface area contributed by atoms with Gasteiger partial charge in [0.25, 0.3) is 0 Å². The summed E-state index contributed by atoms with van der Waals surface area (Å²) >= 11 is 0. The lowest BCUT2D eigenvalue weighted by Crippen LogP contribution is -2.16. The molecule has 0 fully saturated rings. The molecule has 0 unspecified atom stereocenters. The van der Waals surface area contributed by atoms with Crippen LogP contribution in [0, 0.1) is 0 Å². The van der Waals surface area contributed by atoms with E-state index in [1.807, 2.05) is 6.92 Å². The van der Waals surface area contributed by atoms with E-state index >= 15 is 0 Å². The zero-order valence-corrected chi connectivity index (χ0v) is 8.29. The summed E-state index contributed by atoms with van der Waals surface area (Å²) in [5, 5.41) is 0. The van der Waals surface area contributed by atoms with Crippen LogP contribution in [0.15, 0.2) is 16.9 Å². The van der Waals surface area contributed by atoms with Gasteiger partial charge < -0.3 is 9.72 Å². The molecule has 4 nitrogen and oxygen atoms in total. The molecule has 0 aromatic carbocycles. The smallest absolute Gasteiger partial charge is 0.354 e. The number of hydrogen-bond donors (Lipinski definition) is 1. The molecule has 1 rings (SSSR count). The van der Waals surface area contributed by atoms with Gasteiger partial charge in [0.15, 0.2) is 0 Å². The maximum atomic E-state index is 11.3. The summed E-state index contributed by atoms with van der Waals surface area (Å²) in [6.07, 6.45) is 1.66. The Bertz CT molecular complexity index is 381. The number of methoxy groups -OCH3 is 1. The van der Waals surface area contributed by atoms with Gasteiger partial charge in [-0.3, -0.25) is 4.79 Å². The van der Waals surface area contributed by atoms with Crippen molar-refractivity contribution in [1.29, 1.82) is 0 Å². The first-order valence-corrected chi connectivity index (χ1v) is 4.49. The maximum absolute atomic E-state index is 11.3. The minimum Gasteiger partial charge on any atom is -0.464 e. The molecule has 0 spiro atoms. The number of aromatic nitrogens is 1. The number of esters is 1. The number of hydrogen-bond acceptors (Lipinski definition) is 3. The van der Waals surface area contributed by atoms with Crippen molar-refractivity contribution in [3.63, 3.8) is 0 Å². The number of rotatable bonds is 3. The highest BCUT2D eigenvalue weighted by Gasteiger charge is 2.11. The second kappa shape index (κ2) is 4.60. The number of ether oxygens (including phenoxy) is 1. The highest BCUT2D eigenvalue weighted by Crippen LogP contribution is 2.07. The molecule has 0 bridgehead atoms. The minimum absolute atomic E-state index is 0.266. The van der Waals surface area contributed by atoms with E-state index in [1.165, 1.54) is 13.2 Å². The van der Waals surface area contributed by atoms with Crippen LogP contribution in [0.25, 0.3) is 0 Å². The van der Waals surface area contributed by atoms with Crippen LogP contribution in [0.1, 0.15) is 29.4 Å².